The molecule has 0 aromatic carbocycles. The van der Waals surface area contributed by atoms with Crippen LogP contribution in [-0.2, 0) is 0 Å². The van der Waals surface area contributed by atoms with Gasteiger partial charge >= 0.3 is 51.4 Å². The van der Waals surface area contributed by atoms with Crippen LogP contribution in [0, 0.1) is 25.2 Å². The van der Waals surface area contributed by atoms with Crippen molar-refractivity contribution in [2.75, 3.05) is 0 Å². The Morgan fingerprint density at radius 3 is 1.40 bits per heavy atom. The molecule has 0 unspecified atom stereocenters. The van der Waals surface area contributed by atoms with Crippen LogP contribution in [0.2, 0.25) is 0 Å². The van der Waals surface area contributed by atoms with Crippen molar-refractivity contribution in [3.05, 3.63) is 13.8 Å². The van der Waals surface area contributed by atoms with Crippen molar-refractivity contribution < 1.29 is 51.4 Å². The van der Waals surface area contributed by atoms with Crippen LogP contribution in [0.15, 0.2) is 0 Å². The maximum Gasteiger partial charge on any atom is 1.00 e. The van der Waals surface area contributed by atoms with E-state index >= 15 is 0 Å². The summed E-state index contributed by atoms with van der Waals surface area (Å²) in [5.74, 6) is 0.678. The van der Waals surface area contributed by atoms with Crippen LogP contribution in [0.25, 0.3) is 0 Å². The molecule has 0 radical (unpaired) electrons. The fraction of sp³-hybridized carbons (Fsp3) is 0.778. The third kappa shape index (κ3) is 5.31. The van der Waals surface area contributed by atoms with Gasteiger partial charge in [-0.3, -0.25) is 0 Å². The first-order valence-electron chi connectivity index (χ1n) is 3.61. The molecule has 0 atom stereocenters. The fourth-order valence-electron chi connectivity index (χ4n) is 1.01. The van der Waals surface area contributed by atoms with Gasteiger partial charge in [-0.25, -0.2) is 0 Å². The van der Waals surface area contributed by atoms with Crippen molar-refractivity contribution in [3.63, 3.8) is 0 Å². The molecule has 1 heteroatoms. The van der Waals surface area contributed by atoms with Crippen LogP contribution in [0.3, 0.4) is 0 Å². The minimum Gasteiger partial charge on any atom is -0.343 e. The second-order valence-corrected chi connectivity index (χ2v) is 3.64. The van der Waals surface area contributed by atoms with Crippen molar-refractivity contribution in [1.82, 2.24) is 0 Å². The summed E-state index contributed by atoms with van der Waals surface area (Å²) in [6, 6.07) is 0. The zero-order valence-corrected chi connectivity index (χ0v) is 11.0. The molecular formula is C9H18K-. The second-order valence-electron chi connectivity index (χ2n) is 3.64. The van der Waals surface area contributed by atoms with Crippen molar-refractivity contribution in [3.8, 4) is 0 Å². The van der Waals surface area contributed by atoms with Crippen LogP contribution < -0.4 is 51.4 Å². The van der Waals surface area contributed by atoms with E-state index in [0.717, 1.165) is 12.8 Å². The normalized spacial score (nSPS) is 11.4. The van der Waals surface area contributed by atoms with Gasteiger partial charge in [0.05, 0.1) is 0 Å². The number of rotatable bonds is 2. The Kier molecular flexibility index (Phi) is 8.77. The molecule has 0 fully saturated rings. The summed E-state index contributed by atoms with van der Waals surface area (Å²) in [5.41, 5.74) is 0.392. The molecule has 0 N–H and O–H groups in total. The predicted octanol–water partition coefficient (Wildman–Crippen LogP) is 0.101. The van der Waals surface area contributed by atoms with Crippen molar-refractivity contribution >= 4 is 0 Å². The second kappa shape index (κ2) is 6.19. The van der Waals surface area contributed by atoms with Crippen molar-refractivity contribution in [1.29, 1.82) is 0 Å². The van der Waals surface area contributed by atoms with Crippen LogP contribution in [0.5, 0.6) is 0 Å². The Morgan fingerprint density at radius 2 is 1.40 bits per heavy atom. The minimum atomic E-state index is 0. The van der Waals surface area contributed by atoms with Gasteiger partial charge in [0, 0.05) is 0 Å². The van der Waals surface area contributed by atoms with Gasteiger partial charge in [-0.2, -0.15) is 12.8 Å². The Balaban J connectivity index is 0. The quantitative estimate of drug-likeness (QED) is 0.402. The first kappa shape index (κ1) is 14.2. The third-order valence-electron chi connectivity index (χ3n) is 1.92. The molecule has 0 amide bonds. The molecule has 0 aromatic rings. The topological polar surface area (TPSA) is 0 Å². The molecule has 10 heavy (non-hydrogen) atoms. The fourth-order valence-corrected chi connectivity index (χ4v) is 1.01. The first-order valence-corrected chi connectivity index (χ1v) is 3.61. The van der Waals surface area contributed by atoms with E-state index < -0.39 is 0 Å². The standard InChI is InChI=1S/C9H18.K/c1-6-8(7-2)9(3,4)5;/h8H,1-2,6-7H2,3-5H3;/q-2;+1. The van der Waals surface area contributed by atoms with Crippen LogP contribution >= 0.6 is 0 Å². The van der Waals surface area contributed by atoms with Gasteiger partial charge < -0.3 is 13.8 Å². The molecule has 0 nitrogen and oxygen atoms in total. The van der Waals surface area contributed by atoms with E-state index in [9.17, 15) is 0 Å². The number of hydrogen-bond acceptors (Lipinski definition) is 0. The minimum absolute atomic E-state index is 0. The van der Waals surface area contributed by atoms with E-state index in [1.54, 1.807) is 0 Å². The van der Waals surface area contributed by atoms with Gasteiger partial charge in [0.1, 0.15) is 0 Å². The summed E-state index contributed by atoms with van der Waals surface area (Å²) in [7, 11) is 0. The summed E-state index contributed by atoms with van der Waals surface area (Å²) in [4.78, 5) is 0. The molecule has 0 saturated carbocycles. The zero-order chi connectivity index (χ0) is 7.49. The van der Waals surface area contributed by atoms with Crippen LogP contribution in [-0.4, -0.2) is 0 Å². The van der Waals surface area contributed by atoms with E-state index in [0.29, 0.717) is 11.3 Å². The van der Waals surface area contributed by atoms with Gasteiger partial charge in [-0.1, -0.05) is 26.7 Å². The van der Waals surface area contributed by atoms with Crippen molar-refractivity contribution in [2.24, 2.45) is 11.3 Å². The van der Waals surface area contributed by atoms with Crippen molar-refractivity contribution in [2.45, 2.75) is 33.6 Å². The monoisotopic (exact) mass is 165 g/mol. The largest absolute Gasteiger partial charge is 1.00 e. The van der Waals surface area contributed by atoms with Gasteiger partial charge in [-0.15, -0.1) is 0 Å². The molecule has 56 valence electrons. The van der Waals surface area contributed by atoms with E-state index in [2.05, 4.69) is 34.6 Å². The Bertz CT molecular complexity index is 67.3. The smallest absolute Gasteiger partial charge is 0.343 e. The SMILES string of the molecule is [CH2-]CC(C[CH2-])C(C)(C)C.[K+]. The maximum atomic E-state index is 3.88. The van der Waals surface area contributed by atoms with E-state index in [-0.39, 0.29) is 51.4 Å². The Labute approximate surface area is 109 Å². The van der Waals surface area contributed by atoms with E-state index in [4.69, 9.17) is 0 Å². The molecule has 0 bridgehead atoms. The summed E-state index contributed by atoms with van der Waals surface area (Å²) in [6.45, 7) is 14.5. The van der Waals surface area contributed by atoms with E-state index in [1.165, 1.54) is 0 Å². The molecular weight excluding hydrogens is 147 g/mol. The van der Waals surface area contributed by atoms with Gasteiger partial charge in [0.25, 0.3) is 0 Å². The maximum absolute atomic E-state index is 3.88. The predicted molar refractivity (Wildman–Crippen MR) is 42.9 cm³/mol. The third-order valence-corrected chi connectivity index (χ3v) is 1.92. The Morgan fingerprint density at radius 1 is 1.10 bits per heavy atom. The summed E-state index contributed by atoms with van der Waals surface area (Å²) in [5, 5.41) is 0. The first-order chi connectivity index (χ1) is 4.02. The Hall–Kier alpha value is 1.64. The molecule has 0 spiro atoms. The van der Waals surface area contributed by atoms with Crippen LogP contribution in [0.4, 0.5) is 0 Å². The number of hydrogen-bond donors (Lipinski definition) is 0. The average Bonchev–Trinajstić information content (AvgIpc) is 1.65. The van der Waals surface area contributed by atoms with Gasteiger partial charge in [0.2, 0.25) is 0 Å². The molecule has 0 rings (SSSR count). The molecule has 0 aliphatic rings. The van der Waals surface area contributed by atoms with Gasteiger partial charge in [-0.05, 0) is 5.41 Å². The molecule has 0 heterocycles. The van der Waals surface area contributed by atoms with E-state index in [1.807, 2.05) is 0 Å². The summed E-state index contributed by atoms with van der Waals surface area (Å²) in [6.07, 6.45) is 2.01. The van der Waals surface area contributed by atoms with Crippen LogP contribution in [0.1, 0.15) is 33.6 Å². The van der Waals surface area contributed by atoms with Gasteiger partial charge in [0.15, 0.2) is 0 Å². The molecule has 0 saturated heterocycles. The molecule has 0 aliphatic carbocycles. The summed E-state index contributed by atoms with van der Waals surface area (Å²) >= 11 is 0. The average molecular weight is 165 g/mol. The molecule has 0 aromatic heterocycles. The molecule has 0 aliphatic heterocycles. The summed E-state index contributed by atoms with van der Waals surface area (Å²) < 4.78 is 0. The zero-order valence-electron chi connectivity index (χ0n) is 7.91.